The maximum absolute atomic E-state index is 14.5. The number of carbonyl (C=O) groups is 4. The lowest BCUT2D eigenvalue weighted by Crippen LogP contribution is -2.54. The van der Waals surface area contributed by atoms with Gasteiger partial charge < -0.3 is 35.5 Å². The van der Waals surface area contributed by atoms with Gasteiger partial charge in [-0.25, -0.2) is 9.55 Å². The molecule has 5 N–H and O–H groups in total. The van der Waals surface area contributed by atoms with Crippen molar-refractivity contribution < 1.29 is 38.1 Å². The van der Waals surface area contributed by atoms with Gasteiger partial charge in [-0.15, -0.1) is 0 Å². The zero-order valence-electron chi connectivity index (χ0n) is 37.2. The van der Waals surface area contributed by atoms with Crippen LogP contribution in [-0.2, 0) is 39.1 Å². The largest absolute Gasteiger partial charge is 0.469 e. The van der Waals surface area contributed by atoms with E-state index in [2.05, 4.69) is 65.7 Å². The molecule has 1 fully saturated rings. The Hall–Kier alpha value is -5.03. The Balaban J connectivity index is 1.05. The number of likely N-dealkylation sites (N-methyl/N-ethyl adjacent to an activating group) is 1. The molecule has 2 aromatic carbocycles. The minimum Gasteiger partial charge on any atom is -0.358 e. The number of benzene rings is 2. The number of anilines is 1. The number of likely N-dealkylation sites (tertiary alicyclic amines) is 1. The Morgan fingerprint density at radius 2 is 1.69 bits per heavy atom. The number of fused-ring (bicyclic) bond motifs is 2. The molecule has 2 atom stereocenters. The van der Waals surface area contributed by atoms with Gasteiger partial charge in [0.2, 0.25) is 17.7 Å². The standard InChI is InChI=1S/C47H56N7O8PS2/c1-46(2)32-15-6-8-17-34(32)51-38(46)27-30-42(31(43(30)56)28-39-47(3,4)33-16-7-9-18-36(33)53(39)5)54-25-14-19-37(54)45(58)52-35(29-62-63(59,60)61)44(57)50-23-12-10-20-40(55)48-24-26-64-65-41-21-11-13-22-49-41/h6-9,11,13,15-18,21-22,27-28,35,37H,10,12,14,19-20,23-26,29H2,1-5H3,(H,48,55)(H,50,57)(H,52,58)(H2,59,60,61)/b30-27-,39-28+. The predicted molar refractivity (Wildman–Crippen MR) is 255 cm³/mol. The van der Waals surface area contributed by atoms with E-state index in [4.69, 9.17) is 9.52 Å². The van der Waals surface area contributed by atoms with E-state index >= 15 is 0 Å². The first-order chi connectivity index (χ1) is 31.0. The molecule has 65 heavy (non-hydrogen) atoms. The fourth-order valence-corrected chi connectivity index (χ4v) is 10.9. The number of carbonyl (C=O) groups excluding carboxylic acids is 4. The highest BCUT2D eigenvalue weighted by Crippen LogP contribution is 2.49. The maximum Gasteiger partial charge on any atom is 0.469 e. The minimum absolute atomic E-state index is 0.115. The number of rotatable bonds is 19. The van der Waals surface area contributed by atoms with Crippen LogP contribution in [0.4, 0.5) is 11.4 Å². The van der Waals surface area contributed by atoms with Gasteiger partial charge in [0.25, 0.3) is 0 Å². The van der Waals surface area contributed by atoms with Crippen LogP contribution in [0.3, 0.4) is 0 Å². The number of pyridine rings is 1. The minimum atomic E-state index is -5.02. The van der Waals surface area contributed by atoms with E-state index in [9.17, 15) is 33.5 Å². The van der Waals surface area contributed by atoms with Gasteiger partial charge in [-0.3, -0.25) is 28.7 Å². The number of nitrogens with zero attached hydrogens (tertiary/aromatic N) is 4. The molecule has 7 rings (SSSR count). The van der Waals surface area contributed by atoms with Crippen molar-refractivity contribution in [2.24, 2.45) is 4.99 Å². The van der Waals surface area contributed by atoms with Crippen LogP contribution in [0.25, 0.3) is 0 Å². The molecule has 4 aliphatic rings. The molecule has 1 saturated heterocycles. The summed E-state index contributed by atoms with van der Waals surface area (Å²) in [6.45, 7) is 8.68. The van der Waals surface area contributed by atoms with Crippen molar-refractivity contribution >= 4 is 70.0 Å². The number of phosphoric acid groups is 1. The molecule has 1 aromatic heterocycles. The lowest BCUT2D eigenvalue weighted by atomic mass is 9.76. The number of unbranched alkanes of at least 4 members (excludes halogenated alkanes) is 1. The maximum atomic E-state index is 14.5. The zero-order chi connectivity index (χ0) is 46.5. The molecule has 3 amide bonds. The number of amides is 3. The fraction of sp³-hybridized carbons (Fsp3) is 0.404. The van der Waals surface area contributed by atoms with Crippen LogP contribution in [0, 0.1) is 0 Å². The second-order valence-electron chi connectivity index (χ2n) is 17.4. The van der Waals surface area contributed by atoms with Crippen LogP contribution < -0.4 is 20.9 Å². The summed E-state index contributed by atoms with van der Waals surface area (Å²) < 4.78 is 16.5. The van der Waals surface area contributed by atoms with Gasteiger partial charge in [-0.05, 0) is 84.0 Å². The molecule has 0 bridgehead atoms. The van der Waals surface area contributed by atoms with Crippen molar-refractivity contribution in [1.82, 2.24) is 25.8 Å². The van der Waals surface area contributed by atoms with E-state index in [1.807, 2.05) is 78.7 Å². The highest BCUT2D eigenvalue weighted by molar-refractivity contribution is 8.76. The number of nitrogens with one attached hydrogen (secondary N) is 3. The number of phosphoric ester groups is 1. The van der Waals surface area contributed by atoms with E-state index in [1.54, 1.807) is 17.0 Å². The second-order valence-corrected chi connectivity index (χ2v) is 21.1. The number of hydrogen-bond acceptors (Lipinski definition) is 12. The number of hydrogen-bond donors (Lipinski definition) is 5. The third-order valence-electron chi connectivity index (χ3n) is 12.3. The van der Waals surface area contributed by atoms with Crippen molar-refractivity contribution in [3.05, 3.63) is 119 Å². The molecular weight excluding hydrogens is 886 g/mol. The summed E-state index contributed by atoms with van der Waals surface area (Å²) in [5, 5.41) is 9.21. The lowest BCUT2D eigenvalue weighted by Gasteiger charge is -2.37. The van der Waals surface area contributed by atoms with Gasteiger partial charge in [-0.2, -0.15) is 0 Å². The van der Waals surface area contributed by atoms with Crippen molar-refractivity contribution in [3.63, 3.8) is 0 Å². The van der Waals surface area contributed by atoms with Crippen LogP contribution in [0.2, 0.25) is 0 Å². The van der Waals surface area contributed by atoms with Crippen LogP contribution >= 0.6 is 29.4 Å². The van der Waals surface area contributed by atoms with Gasteiger partial charge >= 0.3 is 7.82 Å². The normalized spacial score (nSPS) is 20.1. The third-order valence-corrected chi connectivity index (χ3v) is 15.0. The molecule has 3 aromatic rings. The van der Waals surface area contributed by atoms with Gasteiger partial charge in [0.15, 0.2) is 5.78 Å². The van der Waals surface area contributed by atoms with Crippen LogP contribution in [0.1, 0.15) is 70.9 Å². The number of para-hydroxylation sites is 2. The average Bonchev–Trinajstić information content (AvgIpc) is 3.91. The Labute approximate surface area is 387 Å². The Morgan fingerprint density at radius 3 is 2.42 bits per heavy atom. The second kappa shape index (κ2) is 20.2. The highest BCUT2D eigenvalue weighted by atomic mass is 33.1. The summed E-state index contributed by atoms with van der Waals surface area (Å²) in [4.78, 5) is 87.0. The molecule has 0 spiro atoms. The summed E-state index contributed by atoms with van der Waals surface area (Å²) in [6.07, 6.45) is 7.66. The van der Waals surface area contributed by atoms with Crippen molar-refractivity contribution in [2.45, 2.75) is 87.7 Å². The van der Waals surface area contributed by atoms with Gasteiger partial charge in [0.05, 0.1) is 23.7 Å². The number of Topliss-reactive ketones (excluding diaryl/α,β-unsaturated/α-hetero) is 1. The number of aliphatic imine (C=N–C) groups is 1. The lowest BCUT2D eigenvalue weighted by molar-refractivity contribution is -0.132. The van der Waals surface area contributed by atoms with Gasteiger partial charge in [-0.1, -0.05) is 81.0 Å². The molecule has 4 heterocycles. The van der Waals surface area contributed by atoms with Crippen molar-refractivity contribution in [2.75, 3.05) is 43.9 Å². The number of allylic oxidation sites excluding steroid dienone is 5. The molecule has 15 nitrogen and oxygen atoms in total. The van der Waals surface area contributed by atoms with Gasteiger partial charge in [0.1, 0.15) is 17.1 Å². The summed E-state index contributed by atoms with van der Waals surface area (Å²) in [5.41, 5.74) is 6.24. The number of ketones is 1. The quantitative estimate of drug-likeness (QED) is 0.0382. The monoisotopic (exact) mass is 941 g/mol. The molecule has 1 aliphatic carbocycles. The molecular formula is C47H56N7O8PS2. The average molecular weight is 942 g/mol. The molecule has 18 heteroatoms. The van der Waals surface area contributed by atoms with Crippen molar-refractivity contribution in [3.8, 4) is 0 Å². The molecule has 344 valence electrons. The van der Waals surface area contributed by atoms with E-state index < -0.39 is 49.2 Å². The Bertz CT molecular complexity index is 2500. The van der Waals surface area contributed by atoms with E-state index in [0.29, 0.717) is 61.4 Å². The third kappa shape index (κ3) is 10.8. The summed E-state index contributed by atoms with van der Waals surface area (Å²) >= 11 is 0. The first-order valence-corrected chi connectivity index (χ1v) is 25.6. The summed E-state index contributed by atoms with van der Waals surface area (Å²) in [6, 6.07) is 19.4. The number of aromatic nitrogens is 1. The van der Waals surface area contributed by atoms with Crippen LogP contribution in [0.15, 0.2) is 118 Å². The Morgan fingerprint density at radius 1 is 0.954 bits per heavy atom. The summed E-state index contributed by atoms with van der Waals surface area (Å²) in [5.74, 6) is -0.838. The zero-order valence-corrected chi connectivity index (χ0v) is 39.7. The molecule has 0 saturated carbocycles. The predicted octanol–water partition coefficient (Wildman–Crippen LogP) is 6.42. The van der Waals surface area contributed by atoms with E-state index in [0.717, 1.165) is 38.9 Å². The topological polar surface area (TPSA) is 203 Å². The fourth-order valence-electron chi connectivity index (χ4n) is 8.77. The molecule has 2 unspecified atom stereocenters. The Kier molecular flexibility index (Phi) is 14.9. The van der Waals surface area contributed by atoms with Gasteiger partial charge in [0, 0.05) is 78.4 Å². The first kappa shape index (κ1) is 47.9. The summed E-state index contributed by atoms with van der Waals surface area (Å²) in [7, 11) is 0.0900. The van der Waals surface area contributed by atoms with E-state index in [1.165, 1.54) is 10.8 Å². The SMILES string of the molecule is CN1/C(=C/C2=C(N3CCCC3C(=O)NC(COP(=O)(O)O)C(=O)NCCCCC(=O)NCCSSc3ccccn3)C(=C/C3=Nc4ccccc4C3(C)C)/C2=O)C(C)(C)c2ccccc21. The highest BCUT2D eigenvalue weighted by Gasteiger charge is 2.46. The smallest absolute Gasteiger partial charge is 0.358 e. The molecule has 0 radical (unpaired) electrons. The van der Waals surface area contributed by atoms with E-state index in [-0.39, 0.29) is 24.7 Å². The molecule has 3 aliphatic heterocycles. The van der Waals surface area contributed by atoms with Crippen LogP contribution in [0.5, 0.6) is 0 Å². The van der Waals surface area contributed by atoms with Crippen molar-refractivity contribution in [1.29, 1.82) is 0 Å². The van der Waals surface area contributed by atoms with Crippen LogP contribution in [-0.4, -0.2) is 100 Å². The first-order valence-electron chi connectivity index (χ1n) is 21.7.